The van der Waals surface area contributed by atoms with Gasteiger partial charge in [-0.15, -0.1) is 0 Å². The van der Waals surface area contributed by atoms with E-state index in [0.717, 1.165) is 12.8 Å². The molecule has 17 heavy (non-hydrogen) atoms. The van der Waals surface area contributed by atoms with Crippen LogP contribution in [0.1, 0.15) is 26.7 Å². The fourth-order valence-electron chi connectivity index (χ4n) is 1.94. The fourth-order valence-corrected chi connectivity index (χ4v) is 3.57. The molecular weight excluding hydrogens is 240 g/mol. The first-order chi connectivity index (χ1) is 7.95. The Morgan fingerprint density at radius 3 is 2.24 bits per heavy atom. The second-order valence-corrected chi connectivity index (χ2v) is 6.64. The van der Waals surface area contributed by atoms with Crippen LogP contribution in [-0.4, -0.2) is 61.9 Å². The Balaban J connectivity index is 2.43. The molecule has 1 aliphatic rings. The first kappa shape index (κ1) is 14.6. The monoisotopic (exact) mass is 262 g/mol. The third-order valence-electron chi connectivity index (χ3n) is 2.93. The van der Waals surface area contributed by atoms with Gasteiger partial charge >= 0.3 is 0 Å². The molecule has 0 aliphatic carbocycles. The van der Waals surface area contributed by atoms with Crippen molar-refractivity contribution >= 4 is 15.8 Å². The van der Waals surface area contributed by atoms with Crippen molar-refractivity contribution in [3.05, 3.63) is 0 Å². The summed E-state index contributed by atoms with van der Waals surface area (Å²) >= 11 is 0. The minimum atomic E-state index is -3.08. The Hall–Kier alpha value is -0.460. The highest BCUT2D eigenvalue weighted by atomic mass is 32.2. The Morgan fingerprint density at radius 2 is 1.76 bits per heavy atom. The molecule has 5 nitrogen and oxygen atoms in total. The van der Waals surface area contributed by atoms with E-state index in [4.69, 9.17) is 0 Å². The van der Waals surface area contributed by atoms with Gasteiger partial charge in [-0.1, -0.05) is 13.3 Å². The maximum absolute atomic E-state index is 11.9. The first-order valence-electron chi connectivity index (χ1n) is 6.15. The Bertz CT molecular complexity index is 346. The zero-order valence-electron chi connectivity index (χ0n) is 10.7. The standard InChI is InChI=1S/C11H22N2O3S/c1-3-4-9-17(15,16)13-7-5-12(6-8-13)10-11(2)14/h3-10H2,1-2H3. The number of Topliss-reactive ketones (excluding diaryl/α,β-unsaturated/α-hetero) is 1. The number of carbonyl (C=O) groups excluding carboxylic acids is 1. The first-order valence-corrected chi connectivity index (χ1v) is 7.76. The van der Waals surface area contributed by atoms with E-state index in [1.807, 2.05) is 11.8 Å². The van der Waals surface area contributed by atoms with Crippen LogP contribution in [0, 0.1) is 0 Å². The van der Waals surface area contributed by atoms with E-state index >= 15 is 0 Å². The van der Waals surface area contributed by atoms with Crippen molar-refractivity contribution in [1.29, 1.82) is 0 Å². The second-order valence-electron chi connectivity index (χ2n) is 4.55. The van der Waals surface area contributed by atoms with E-state index < -0.39 is 10.0 Å². The summed E-state index contributed by atoms with van der Waals surface area (Å²) in [5.74, 6) is 0.378. The zero-order chi connectivity index (χ0) is 12.9. The van der Waals surface area contributed by atoms with Gasteiger partial charge < -0.3 is 0 Å². The lowest BCUT2D eigenvalue weighted by Crippen LogP contribution is -2.50. The third kappa shape index (κ3) is 4.73. The van der Waals surface area contributed by atoms with Gasteiger partial charge in [0.15, 0.2) is 0 Å². The molecule has 0 bridgehead atoms. The van der Waals surface area contributed by atoms with Crippen molar-refractivity contribution in [3.8, 4) is 0 Å². The van der Waals surface area contributed by atoms with Crippen LogP contribution in [0.25, 0.3) is 0 Å². The van der Waals surface area contributed by atoms with Crippen molar-refractivity contribution in [3.63, 3.8) is 0 Å². The summed E-state index contributed by atoms with van der Waals surface area (Å²) in [6, 6.07) is 0. The van der Waals surface area contributed by atoms with Crippen molar-refractivity contribution in [1.82, 2.24) is 9.21 Å². The van der Waals surface area contributed by atoms with Crippen molar-refractivity contribution < 1.29 is 13.2 Å². The SMILES string of the molecule is CCCCS(=O)(=O)N1CCN(CC(C)=O)CC1. The van der Waals surface area contributed by atoms with E-state index in [-0.39, 0.29) is 11.5 Å². The number of piperazine rings is 1. The summed E-state index contributed by atoms with van der Waals surface area (Å²) in [7, 11) is -3.08. The lowest BCUT2D eigenvalue weighted by atomic mass is 10.3. The van der Waals surface area contributed by atoms with Gasteiger partial charge in [-0.2, -0.15) is 4.31 Å². The van der Waals surface area contributed by atoms with E-state index in [0.29, 0.717) is 32.7 Å². The molecule has 1 saturated heterocycles. The second kappa shape index (κ2) is 6.47. The van der Waals surface area contributed by atoms with Crippen LogP contribution in [0.5, 0.6) is 0 Å². The quantitative estimate of drug-likeness (QED) is 0.692. The highest BCUT2D eigenvalue weighted by molar-refractivity contribution is 7.89. The number of carbonyl (C=O) groups is 1. The predicted octanol–water partition coefficient (Wildman–Crippen LogP) is 0.323. The van der Waals surface area contributed by atoms with Gasteiger partial charge in [0.25, 0.3) is 0 Å². The molecule has 0 aromatic heterocycles. The van der Waals surface area contributed by atoms with Gasteiger partial charge in [-0.25, -0.2) is 8.42 Å². The van der Waals surface area contributed by atoms with Gasteiger partial charge in [-0.05, 0) is 13.3 Å². The molecule has 0 aromatic rings. The summed E-state index contributed by atoms with van der Waals surface area (Å²) < 4.78 is 25.4. The summed E-state index contributed by atoms with van der Waals surface area (Å²) in [4.78, 5) is 13.0. The lowest BCUT2D eigenvalue weighted by molar-refractivity contribution is -0.118. The number of sulfonamides is 1. The number of hydrogen-bond donors (Lipinski definition) is 0. The van der Waals surface area contributed by atoms with Gasteiger partial charge in [0, 0.05) is 26.2 Å². The van der Waals surface area contributed by atoms with Crippen LogP contribution in [0.3, 0.4) is 0 Å². The molecule has 0 spiro atoms. The Kier molecular flexibility index (Phi) is 5.55. The molecule has 0 aromatic carbocycles. The molecule has 1 rings (SSSR count). The molecule has 1 heterocycles. The highest BCUT2D eigenvalue weighted by Crippen LogP contribution is 2.09. The predicted molar refractivity (Wildman–Crippen MR) is 67.4 cm³/mol. The van der Waals surface area contributed by atoms with Crippen molar-refractivity contribution in [2.75, 3.05) is 38.5 Å². The van der Waals surface area contributed by atoms with Crippen molar-refractivity contribution in [2.24, 2.45) is 0 Å². The van der Waals surface area contributed by atoms with Crippen LogP contribution in [0.2, 0.25) is 0 Å². The smallest absolute Gasteiger partial charge is 0.214 e. The molecule has 0 atom stereocenters. The van der Waals surface area contributed by atoms with Crippen LogP contribution in [-0.2, 0) is 14.8 Å². The van der Waals surface area contributed by atoms with Crippen molar-refractivity contribution in [2.45, 2.75) is 26.7 Å². The van der Waals surface area contributed by atoms with E-state index in [1.165, 1.54) is 0 Å². The van der Waals surface area contributed by atoms with Crippen LogP contribution < -0.4 is 0 Å². The summed E-state index contributed by atoms with van der Waals surface area (Å²) in [5.41, 5.74) is 0. The number of hydrogen-bond acceptors (Lipinski definition) is 4. The number of ketones is 1. The molecule has 0 N–H and O–H groups in total. The van der Waals surface area contributed by atoms with E-state index in [9.17, 15) is 13.2 Å². The molecule has 1 aliphatic heterocycles. The maximum atomic E-state index is 11.9. The molecule has 0 amide bonds. The average Bonchev–Trinajstić information content (AvgIpc) is 2.26. The molecule has 100 valence electrons. The lowest BCUT2D eigenvalue weighted by Gasteiger charge is -2.33. The van der Waals surface area contributed by atoms with Gasteiger partial charge in [0.1, 0.15) is 5.78 Å². The average molecular weight is 262 g/mol. The normalized spacial score (nSPS) is 19.4. The summed E-state index contributed by atoms with van der Waals surface area (Å²) in [6.07, 6.45) is 1.61. The van der Waals surface area contributed by atoms with E-state index in [2.05, 4.69) is 0 Å². The highest BCUT2D eigenvalue weighted by Gasteiger charge is 2.26. The minimum Gasteiger partial charge on any atom is -0.299 e. The van der Waals surface area contributed by atoms with Gasteiger partial charge in [-0.3, -0.25) is 9.69 Å². The maximum Gasteiger partial charge on any atom is 0.214 e. The largest absolute Gasteiger partial charge is 0.299 e. The molecule has 0 saturated carbocycles. The number of rotatable bonds is 6. The zero-order valence-corrected chi connectivity index (χ0v) is 11.5. The number of unbranched alkanes of at least 4 members (excludes halogenated alkanes) is 1. The molecule has 6 heteroatoms. The van der Waals surface area contributed by atoms with Gasteiger partial charge in [0.05, 0.1) is 12.3 Å². The van der Waals surface area contributed by atoms with Crippen LogP contribution in [0.15, 0.2) is 0 Å². The molecule has 0 radical (unpaired) electrons. The topological polar surface area (TPSA) is 57.7 Å². The van der Waals surface area contributed by atoms with Gasteiger partial charge in [0.2, 0.25) is 10.0 Å². The molecule has 1 fully saturated rings. The summed E-state index contributed by atoms with van der Waals surface area (Å²) in [6.45, 7) is 6.32. The Labute approximate surface area is 104 Å². The number of nitrogens with zero attached hydrogens (tertiary/aromatic N) is 2. The van der Waals surface area contributed by atoms with Crippen LogP contribution >= 0.6 is 0 Å². The Morgan fingerprint density at radius 1 is 1.18 bits per heavy atom. The summed E-state index contributed by atoms with van der Waals surface area (Å²) in [5, 5.41) is 0. The fraction of sp³-hybridized carbons (Fsp3) is 0.909. The van der Waals surface area contributed by atoms with E-state index in [1.54, 1.807) is 11.2 Å². The molecular formula is C11H22N2O3S. The minimum absolute atomic E-state index is 0.132. The molecule has 0 unspecified atom stereocenters. The third-order valence-corrected chi connectivity index (χ3v) is 4.88. The van der Waals surface area contributed by atoms with Crippen LogP contribution in [0.4, 0.5) is 0 Å².